The number of ether oxygens (including phenoxy) is 1. The van der Waals surface area contributed by atoms with Crippen molar-refractivity contribution in [1.82, 2.24) is 0 Å². The van der Waals surface area contributed by atoms with Crippen LogP contribution >= 0.6 is 0 Å². The average Bonchev–Trinajstić information content (AvgIpc) is 2.37. The van der Waals surface area contributed by atoms with Gasteiger partial charge in [-0.1, -0.05) is 0 Å². The van der Waals surface area contributed by atoms with Gasteiger partial charge in [-0.15, -0.1) is 0 Å². The molecule has 0 aromatic heterocycles. The number of aliphatic hydroxyl groups is 1. The minimum Gasteiger partial charge on any atom is -0.398 e. The third kappa shape index (κ3) is 4.24. The minimum atomic E-state index is 0.0396. The first-order valence-electron chi connectivity index (χ1n) is 5.84. The molecule has 3 N–H and O–H groups in total. The van der Waals surface area contributed by atoms with Crippen molar-refractivity contribution >= 4 is 11.4 Å². The standard InChI is InChI=1S/C13H19N3O2/c1-16(6-8-18-9-7-17)12-2-3-13(15)11(10-12)4-5-14/h2-3,10,17H,4,6-9,15H2,1H3. The van der Waals surface area contributed by atoms with Crippen molar-refractivity contribution in [3.05, 3.63) is 23.8 Å². The van der Waals surface area contributed by atoms with Crippen LogP contribution in [-0.2, 0) is 11.2 Å². The number of aliphatic hydroxyl groups excluding tert-OH is 1. The maximum Gasteiger partial charge on any atom is 0.0698 e. The van der Waals surface area contributed by atoms with Crippen LogP contribution in [0.1, 0.15) is 5.56 Å². The Bertz CT molecular complexity index is 415. The summed E-state index contributed by atoms with van der Waals surface area (Å²) in [5.41, 5.74) is 8.28. The molecule has 0 radical (unpaired) electrons. The van der Waals surface area contributed by atoms with Gasteiger partial charge in [-0.2, -0.15) is 5.26 Å². The van der Waals surface area contributed by atoms with Crippen molar-refractivity contribution in [2.75, 3.05) is 44.0 Å². The van der Waals surface area contributed by atoms with Gasteiger partial charge in [-0.05, 0) is 23.8 Å². The number of benzene rings is 1. The lowest BCUT2D eigenvalue weighted by Crippen LogP contribution is -2.23. The highest BCUT2D eigenvalue weighted by Gasteiger charge is 2.05. The summed E-state index contributed by atoms with van der Waals surface area (Å²) in [5.74, 6) is 0. The third-order valence-electron chi connectivity index (χ3n) is 2.64. The number of nitrogens with zero attached hydrogens (tertiary/aromatic N) is 2. The molecule has 0 unspecified atom stereocenters. The van der Waals surface area contributed by atoms with E-state index in [1.165, 1.54) is 0 Å². The molecule has 1 aromatic carbocycles. The van der Waals surface area contributed by atoms with Crippen molar-refractivity contribution in [2.45, 2.75) is 6.42 Å². The predicted octanol–water partition coefficient (Wildman–Crippen LogP) is 0.780. The number of nitriles is 1. The van der Waals surface area contributed by atoms with E-state index in [4.69, 9.17) is 20.8 Å². The summed E-state index contributed by atoms with van der Waals surface area (Å²) in [4.78, 5) is 2.03. The summed E-state index contributed by atoms with van der Waals surface area (Å²) in [5, 5.41) is 17.3. The fraction of sp³-hybridized carbons (Fsp3) is 0.462. The second-order valence-electron chi connectivity index (χ2n) is 3.98. The molecule has 0 amide bonds. The monoisotopic (exact) mass is 249 g/mol. The first-order valence-corrected chi connectivity index (χ1v) is 5.84. The highest BCUT2D eigenvalue weighted by molar-refractivity contribution is 5.58. The Hall–Kier alpha value is -1.77. The van der Waals surface area contributed by atoms with Crippen molar-refractivity contribution in [1.29, 1.82) is 5.26 Å². The summed E-state index contributed by atoms with van der Waals surface area (Å²) >= 11 is 0. The maximum atomic E-state index is 8.71. The van der Waals surface area contributed by atoms with Crippen molar-refractivity contribution in [2.24, 2.45) is 0 Å². The van der Waals surface area contributed by atoms with Gasteiger partial charge >= 0.3 is 0 Å². The molecule has 1 rings (SSSR count). The first kappa shape index (κ1) is 14.3. The number of likely N-dealkylation sites (N-methyl/N-ethyl adjacent to an activating group) is 1. The highest BCUT2D eigenvalue weighted by Crippen LogP contribution is 2.20. The van der Waals surface area contributed by atoms with Crippen molar-refractivity contribution < 1.29 is 9.84 Å². The molecule has 5 nitrogen and oxygen atoms in total. The molecule has 5 heteroatoms. The second-order valence-corrected chi connectivity index (χ2v) is 3.98. The summed E-state index contributed by atoms with van der Waals surface area (Å²) in [6, 6.07) is 7.75. The quantitative estimate of drug-likeness (QED) is 0.551. The lowest BCUT2D eigenvalue weighted by atomic mass is 10.1. The summed E-state index contributed by atoms with van der Waals surface area (Å²) < 4.78 is 5.21. The van der Waals surface area contributed by atoms with Gasteiger partial charge in [0.2, 0.25) is 0 Å². The molecule has 0 aliphatic rings. The number of hydrogen-bond donors (Lipinski definition) is 2. The topological polar surface area (TPSA) is 82.5 Å². The van der Waals surface area contributed by atoms with E-state index in [-0.39, 0.29) is 6.61 Å². The Labute approximate surface area is 107 Å². The van der Waals surface area contributed by atoms with Crippen LogP contribution in [-0.4, -0.2) is 38.5 Å². The number of nitrogens with two attached hydrogens (primary N) is 1. The number of nitrogen functional groups attached to an aromatic ring is 1. The molecule has 1 aromatic rings. The van der Waals surface area contributed by atoms with Gasteiger partial charge in [0.15, 0.2) is 0 Å². The molecule has 18 heavy (non-hydrogen) atoms. The fourth-order valence-electron chi connectivity index (χ4n) is 1.57. The molecule has 0 saturated heterocycles. The Morgan fingerprint density at radius 2 is 2.22 bits per heavy atom. The van der Waals surface area contributed by atoms with Crippen LogP contribution in [0.15, 0.2) is 18.2 Å². The third-order valence-corrected chi connectivity index (χ3v) is 2.64. The van der Waals surface area contributed by atoms with E-state index >= 15 is 0 Å². The largest absolute Gasteiger partial charge is 0.398 e. The van der Waals surface area contributed by atoms with Crippen LogP contribution in [0.5, 0.6) is 0 Å². The van der Waals surface area contributed by atoms with Gasteiger partial charge in [-0.25, -0.2) is 0 Å². The van der Waals surface area contributed by atoms with Gasteiger partial charge in [-0.3, -0.25) is 0 Å². The molecular formula is C13H19N3O2. The van der Waals surface area contributed by atoms with E-state index in [1.807, 2.05) is 30.1 Å². The fourth-order valence-corrected chi connectivity index (χ4v) is 1.57. The van der Waals surface area contributed by atoms with E-state index in [9.17, 15) is 0 Å². The van der Waals surface area contributed by atoms with E-state index < -0.39 is 0 Å². The molecule has 0 fully saturated rings. The zero-order valence-electron chi connectivity index (χ0n) is 10.6. The zero-order valence-corrected chi connectivity index (χ0v) is 10.6. The lowest BCUT2D eigenvalue weighted by molar-refractivity contribution is 0.0971. The molecule has 0 aliphatic carbocycles. The van der Waals surface area contributed by atoms with E-state index in [2.05, 4.69) is 6.07 Å². The van der Waals surface area contributed by atoms with Crippen molar-refractivity contribution in [3.63, 3.8) is 0 Å². The SMILES string of the molecule is CN(CCOCCO)c1ccc(N)c(CC#N)c1. The molecular weight excluding hydrogens is 230 g/mol. The van der Waals surface area contributed by atoms with E-state index in [0.29, 0.717) is 25.3 Å². The maximum absolute atomic E-state index is 8.71. The van der Waals surface area contributed by atoms with E-state index in [0.717, 1.165) is 17.8 Å². The number of anilines is 2. The predicted molar refractivity (Wildman–Crippen MR) is 71.3 cm³/mol. The van der Waals surface area contributed by atoms with Gasteiger partial charge in [0.05, 0.1) is 32.3 Å². The first-order chi connectivity index (χ1) is 8.69. The van der Waals surface area contributed by atoms with Gasteiger partial charge in [0.1, 0.15) is 0 Å². The minimum absolute atomic E-state index is 0.0396. The molecule has 0 atom stereocenters. The van der Waals surface area contributed by atoms with Gasteiger partial charge < -0.3 is 20.5 Å². The molecule has 0 heterocycles. The summed E-state index contributed by atoms with van der Waals surface area (Å²) in [6.45, 7) is 1.66. The normalized spacial score (nSPS) is 10.1. The molecule has 0 saturated carbocycles. The van der Waals surface area contributed by atoms with Crippen LogP contribution in [0.2, 0.25) is 0 Å². The Balaban J connectivity index is 2.60. The molecule has 98 valence electrons. The van der Waals surface area contributed by atoms with Gasteiger partial charge in [0.25, 0.3) is 0 Å². The molecule has 0 aliphatic heterocycles. The van der Waals surface area contributed by atoms with E-state index in [1.54, 1.807) is 0 Å². The zero-order chi connectivity index (χ0) is 13.4. The van der Waals surface area contributed by atoms with Crippen molar-refractivity contribution in [3.8, 4) is 6.07 Å². The van der Waals surface area contributed by atoms with Crippen LogP contribution < -0.4 is 10.6 Å². The van der Waals surface area contributed by atoms with Crippen LogP contribution in [0, 0.1) is 11.3 Å². The Morgan fingerprint density at radius 1 is 1.44 bits per heavy atom. The summed E-state index contributed by atoms with van der Waals surface area (Å²) in [6.07, 6.45) is 0.314. The number of hydrogen-bond acceptors (Lipinski definition) is 5. The smallest absolute Gasteiger partial charge is 0.0698 e. The van der Waals surface area contributed by atoms with Crippen LogP contribution in [0.3, 0.4) is 0 Å². The lowest BCUT2D eigenvalue weighted by Gasteiger charge is -2.20. The van der Waals surface area contributed by atoms with Crippen LogP contribution in [0.4, 0.5) is 11.4 Å². The molecule has 0 spiro atoms. The number of rotatable bonds is 7. The Kier molecular flexibility index (Phi) is 5.98. The Morgan fingerprint density at radius 3 is 2.89 bits per heavy atom. The average molecular weight is 249 g/mol. The highest BCUT2D eigenvalue weighted by atomic mass is 16.5. The van der Waals surface area contributed by atoms with Gasteiger partial charge in [0, 0.05) is 25.0 Å². The second kappa shape index (κ2) is 7.54. The van der Waals surface area contributed by atoms with Crippen LogP contribution in [0.25, 0.3) is 0 Å². The summed E-state index contributed by atoms with van der Waals surface area (Å²) in [7, 11) is 1.95. The molecule has 0 bridgehead atoms.